The van der Waals surface area contributed by atoms with Crippen LogP contribution >= 0.6 is 0 Å². The molecule has 0 spiro atoms. The Hall–Kier alpha value is -0.570. The number of carbonyl (C=O) groups is 1. The summed E-state index contributed by atoms with van der Waals surface area (Å²) in [5.74, 6) is 0.476. The minimum absolute atomic E-state index is 0.0578. The van der Waals surface area contributed by atoms with Crippen LogP contribution < -0.4 is 5.32 Å². The topological polar surface area (TPSA) is 49.3 Å². The molecule has 2 unspecified atom stereocenters. The van der Waals surface area contributed by atoms with Crippen molar-refractivity contribution in [3.05, 3.63) is 0 Å². The van der Waals surface area contributed by atoms with Gasteiger partial charge in [0, 0.05) is 18.6 Å². The SMILES string of the molecule is CC(CO)C(C)NC(=O)C1CCC(C)(C)CC1. The molecule has 0 aliphatic heterocycles. The summed E-state index contributed by atoms with van der Waals surface area (Å²) >= 11 is 0. The largest absolute Gasteiger partial charge is 0.396 e. The lowest BCUT2D eigenvalue weighted by Gasteiger charge is -2.34. The van der Waals surface area contributed by atoms with Gasteiger partial charge in [-0.15, -0.1) is 0 Å². The van der Waals surface area contributed by atoms with Gasteiger partial charge in [0.2, 0.25) is 5.91 Å². The Bertz CT molecular complexity index is 253. The molecule has 0 bridgehead atoms. The van der Waals surface area contributed by atoms with Crippen LogP contribution in [0, 0.1) is 17.3 Å². The Morgan fingerprint density at radius 3 is 2.35 bits per heavy atom. The lowest BCUT2D eigenvalue weighted by molar-refractivity contribution is -0.127. The molecule has 0 aromatic heterocycles. The number of rotatable bonds is 4. The van der Waals surface area contributed by atoms with Gasteiger partial charge in [0.15, 0.2) is 0 Å². The number of aliphatic hydroxyl groups is 1. The predicted molar refractivity (Wildman–Crippen MR) is 69.6 cm³/mol. The molecule has 1 amide bonds. The van der Waals surface area contributed by atoms with E-state index in [0.29, 0.717) is 5.41 Å². The third-order valence-corrected chi connectivity index (χ3v) is 4.22. The van der Waals surface area contributed by atoms with Gasteiger partial charge in [-0.3, -0.25) is 4.79 Å². The first-order valence-corrected chi connectivity index (χ1v) is 6.77. The fraction of sp³-hybridized carbons (Fsp3) is 0.929. The second-order valence-corrected chi connectivity index (χ2v) is 6.40. The van der Waals surface area contributed by atoms with E-state index in [2.05, 4.69) is 19.2 Å². The zero-order valence-corrected chi connectivity index (χ0v) is 11.6. The highest BCUT2D eigenvalue weighted by molar-refractivity contribution is 5.79. The molecule has 1 fully saturated rings. The second kappa shape index (κ2) is 5.85. The molecule has 17 heavy (non-hydrogen) atoms. The Labute approximate surface area is 105 Å². The third-order valence-electron chi connectivity index (χ3n) is 4.22. The van der Waals surface area contributed by atoms with Gasteiger partial charge in [-0.25, -0.2) is 0 Å². The van der Waals surface area contributed by atoms with Crippen molar-refractivity contribution < 1.29 is 9.90 Å². The second-order valence-electron chi connectivity index (χ2n) is 6.40. The van der Waals surface area contributed by atoms with E-state index in [1.165, 1.54) is 0 Å². The molecule has 1 aliphatic rings. The molecule has 100 valence electrons. The molecule has 3 nitrogen and oxygen atoms in total. The molecule has 0 aromatic carbocycles. The van der Waals surface area contributed by atoms with Gasteiger partial charge in [0.1, 0.15) is 0 Å². The van der Waals surface area contributed by atoms with Crippen molar-refractivity contribution >= 4 is 5.91 Å². The zero-order chi connectivity index (χ0) is 13.1. The molecule has 1 rings (SSSR count). The first-order valence-electron chi connectivity index (χ1n) is 6.77. The van der Waals surface area contributed by atoms with E-state index in [-0.39, 0.29) is 30.4 Å². The third kappa shape index (κ3) is 4.30. The van der Waals surface area contributed by atoms with Crippen LogP contribution in [0.15, 0.2) is 0 Å². The maximum atomic E-state index is 12.0. The van der Waals surface area contributed by atoms with E-state index < -0.39 is 0 Å². The van der Waals surface area contributed by atoms with E-state index in [0.717, 1.165) is 25.7 Å². The summed E-state index contributed by atoms with van der Waals surface area (Å²) in [7, 11) is 0. The Kier molecular flexibility index (Phi) is 4.99. The fourth-order valence-corrected chi connectivity index (χ4v) is 2.30. The van der Waals surface area contributed by atoms with Crippen LogP contribution in [-0.2, 0) is 4.79 Å². The summed E-state index contributed by atoms with van der Waals surface area (Å²) in [5, 5.41) is 12.1. The van der Waals surface area contributed by atoms with Gasteiger partial charge < -0.3 is 10.4 Å². The predicted octanol–water partition coefficient (Wildman–Crippen LogP) is 2.34. The Morgan fingerprint density at radius 1 is 1.35 bits per heavy atom. The van der Waals surface area contributed by atoms with Crippen molar-refractivity contribution in [1.29, 1.82) is 0 Å². The molecule has 1 aliphatic carbocycles. The van der Waals surface area contributed by atoms with Crippen LogP contribution in [0.4, 0.5) is 0 Å². The monoisotopic (exact) mass is 241 g/mol. The van der Waals surface area contributed by atoms with Gasteiger partial charge in [-0.05, 0) is 43.9 Å². The number of hydrogen-bond acceptors (Lipinski definition) is 2. The summed E-state index contributed by atoms with van der Waals surface area (Å²) in [6.07, 6.45) is 4.27. The van der Waals surface area contributed by atoms with E-state index in [1.54, 1.807) is 0 Å². The molecular weight excluding hydrogens is 214 g/mol. The van der Waals surface area contributed by atoms with Gasteiger partial charge in [0.05, 0.1) is 0 Å². The van der Waals surface area contributed by atoms with Crippen LogP contribution in [-0.4, -0.2) is 23.7 Å². The average molecular weight is 241 g/mol. The molecule has 0 aromatic rings. The summed E-state index contributed by atoms with van der Waals surface area (Å²) < 4.78 is 0. The van der Waals surface area contributed by atoms with E-state index >= 15 is 0 Å². The first kappa shape index (κ1) is 14.5. The maximum absolute atomic E-state index is 12.0. The summed E-state index contributed by atoms with van der Waals surface area (Å²) in [6.45, 7) is 8.59. The van der Waals surface area contributed by atoms with E-state index in [1.807, 2.05) is 13.8 Å². The highest BCUT2D eigenvalue weighted by Gasteiger charge is 2.31. The van der Waals surface area contributed by atoms with Crippen LogP contribution in [0.25, 0.3) is 0 Å². The van der Waals surface area contributed by atoms with Crippen molar-refractivity contribution in [3.63, 3.8) is 0 Å². The van der Waals surface area contributed by atoms with Crippen molar-refractivity contribution in [1.82, 2.24) is 5.32 Å². The van der Waals surface area contributed by atoms with Gasteiger partial charge in [-0.1, -0.05) is 20.8 Å². The lowest BCUT2D eigenvalue weighted by Crippen LogP contribution is -2.43. The van der Waals surface area contributed by atoms with Crippen molar-refractivity contribution in [2.75, 3.05) is 6.61 Å². The molecule has 1 saturated carbocycles. The van der Waals surface area contributed by atoms with E-state index in [4.69, 9.17) is 5.11 Å². The molecule has 0 saturated heterocycles. The first-order chi connectivity index (χ1) is 7.85. The lowest BCUT2D eigenvalue weighted by atomic mass is 9.73. The summed E-state index contributed by atoms with van der Waals surface area (Å²) in [4.78, 5) is 12.0. The number of hydrogen-bond donors (Lipinski definition) is 2. The Balaban J connectivity index is 2.39. The molecule has 2 N–H and O–H groups in total. The minimum atomic E-state index is 0.0578. The Morgan fingerprint density at radius 2 is 1.88 bits per heavy atom. The molecule has 0 radical (unpaired) electrons. The quantitative estimate of drug-likeness (QED) is 0.793. The van der Waals surface area contributed by atoms with Crippen molar-refractivity contribution in [2.24, 2.45) is 17.3 Å². The van der Waals surface area contributed by atoms with Gasteiger partial charge >= 0.3 is 0 Å². The zero-order valence-electron chi connectivity index (χ0n) is 11.6. The number of aliphatic hydroxyl groups excluding tert-OH is 1. The average Bonchev–Trinajstić information content (AvgIpc) is 2.27. The summed E-state index contributed by atoms with van der Waals surface area (Å²) in [6, 6.07) is 0.0578. The maximum Gasteiger partial charge on any atom is 0.223 e. The smallest absolute Gasteiger partial charge is 0.223 e. The number of nitrogens with one attached hydrogen (secondary N) is 1. The minimum Gasteiger partial charge on any atom is -0.396 e. The van der Waals surface area contributed by atoms with Crippen molar-refractivity contribution in [3.8, 4) is 0 Å². The van der Waals surface area contributed by atoms with Crippen LogP contribution in [0.2, 0.25) is 0 Å². The van der Waals surface area contributed by atoms with Crippen molar-refractivity contribution in [2.45, 2.75) is 59.4 Å². The summed E-state index contributed by atoms with van der Waals surface area (Å²) in [5.41, 5.74) is 0.404. The number of carbonyl (C=O) groups excluding carboxylic acids is 1. The molecule has 3 heteroatoms. The van der Waals surface area contributed by atoms with E-state index in [9.17, 15) is 4.79 Å². The highest BCUT2D eigenvalue weighted by Crippen LogP contribution is 2.38. The fourth-order valence-electron chi connectivity index (χ4n) is 2.30. The molecule has 2 atom stereocenters. The standard InChI is InChI=1S/C14H27NO2/c1-10(9-16)11(2)15-13(17)12-5-7-14(3,4)8-6-12/h10-12,16H,5-9H2,1-4H3,(H,15,17). The van der Waals surface area contributed by atoms with Crippen LogP contribution in [0.5, 0.6) is 0 Å². The van der Waals surface area contributed by atoms with Crippen LogP contribution in [0.1, 0.15) is 53.4 Å². The van der Waals surface area contributed by atoms with Gasteiger partial charge in [-0.2, -0.15) is 0 Å². The normalized spacial score (nSPS) is 24.1. The molecular formula is C14H27NO2. The highest BCUT2D eigenvalue weighted by atomic mass is 16.3. The number of amides is 1. The van der Waals surface area contributed by atoms with Gasteiger partial charge in [0.25, 0.3) is 0 Å². The van der Waals surface area contributed by atoms with Crippen LogP contribution in [0.3, 0.4) is 0 Å². The molecule has 0 heterocycles.